The first-order chi connectivity index (χ1) is 11.9. The number of carboxylic acids is 1. The van der Waals surface area contributed by atoms with Crippen LogP contribution in [0, 0.1) is 18.7 Å². The van der Waals surface area contributed by atoms with Crippen LogP contribution in [0.3, 0.4) is 0 Å². The largest absolute Gasteiger partial charge is 0.480 e. The number of aromatic nitrogens is 2. The molecule has 2 rings (SSSR count). The fourth-order valence-electron chi connectivity index (χ4n) is 2.47. The minimum Gasteiger partial charge on any atom is -0.480 e. The summed E-state index contributed by atoms with van der Waals surface area (Å²) in [5.74, 6) is -0.282. The summed E-state index contributed by atoms with van der Waals surface area (Å²) in [6.45, 7) is 6.11. The number of rotatable bonds is 9. The van der Waals surface area contributed by atoms with Crippen molar-refractivity contribution in [2.24, 2.45) is 5.92 Å². The Morgan fingerprint density at radius 3 is 2.84 bits per heavy atom. The molecule has 0 fully saturated rings. The summed E-state index contributed by atoms with van der Waals surface area (Å²) in [5, 5.41) is 16.2. The number of aliphatic carboxylic acids is 1. The number of aryl methyl sites for hydroxylation is 2. The van der Waals surface area contributed by atoms with Gasteiger partial charge in [0.25, 0.3) is 0 Å². The quantitative estimate of drug-likeness (QED) is 0.676. The molecular weight excluding hydrogens is 325 g/mol. The van der Waals surface area contributed by atoms with E-state index in [1.54, 1.807) is 19.1 Å². The van der Waals surface area contributed by atoms with Crippen LogP contribution in [0.4, 0.5) is 4.39 Å². The van der Waals surface area contributed by atoms with E-state index < -0.39 is 12.0 Å². The Balaban J connectivity index is 1.87. The maximum Gasteiger partial charge on any atom is 0.320 e. The van der Waals surface area contributed by atoms with Crippen molar-refractivity contribution in [2.45, 2.75) is 46.1 Å². The number of benzene rings is 1. The Labute approximate surface area is 146 Å². The predicted molar refractivity (Wildman–Crippen MR) is 91.6 cm³/mol. The van der Waals surface area contributed by atoms with Gasteiger partial charge in [-0.25, -0.2) is 4.39 Å². The topological polar surface area (TPSA) is 88.3 Å². The lowest BCUT2D eigenvalue weighted by atomic mass is 9.99. The summed E-state index contributed by atoms with van der Waals surface area (Å²) in [4.78, 5) is 15.5. The summed E-state index contributed by atoms with van der Waals surface area (Å²) in [7, 11) is 0. The Bertz CT molecular complexity index is 717. The second-order valence-corrected chi connectivity index (χ2v) is 6.23. The van der Waals surface area contributed by atoms with Crippen LogP contribution in [0.25, 0.3) is 11.4 Å². The fraction of sp³-hybridized carbons (Fsp3) is 0.500. The molecule has 0 saturated heterocycles. The van der Waals surface area contributed by atoms with E-state index in [1.807, 2.05) is 13.8 Å². The van der Waals surface area contributed by atoms with Crippen molar-refractivity contribution in [2.75, 3.05) is 6.54 Å². The van der Waals surface area contributed by atoms with E-state index in [2.05, 4.69) is 15.5 Å². The third kappa shape index (κ3) is 5.09. The van der Waals surface area contributed by atoms with E-state index in [0.717, 1.165) is 6.42 Å². The summed E-state index contributed by atoms with van der Waals surface area (Å²) in [6.07, 6.45) is 2.00. The van der Waals surface area contributed by atoms with Crippen molar-refractivity contribution in [3.8, 4) is 11.4 Å². The lowest BCUT2D eigenvalue weighted by molar-refractivity contribution is -0.140. The summed E-state index contributed by atoms with van der Waals surface area (Å²) < 4.78 is 18.8. The minimum atomic E-state index is -0.837. The third-order valence-corrected chi connectivity index (χ3v) is 4.31. The first-order valence-corrected chi connectivity index (χ1v) is 8.47. The molecule has 0 radical (unpaired) electrons. The molecular formula is C18H24FN3O3. The van der Waals surface area contributed by atoms with Crippen molar-refractivity contribution < 1.29 is 18.8 Å². The van der Waals surface area contributed by atoms with Crippen LogP contribution < -0.4 is 5.32 Å². The Morgan fingerprint density at radius 2 is 2.20 bits per heavy atom. The van der Waals surface area contributed by atoms with Gasteiger partial charge in [-0.1, -0.05) is 37.6 Å². The molecule has 0 bridgehead atoms. The number of carbonyl (C=O) groups is 1. The summed E-state index contributed by atoms with van der Waals surface area (Å²) >= 11 is 0. The molecule has 0 spiro atoms. The molecule has 136 valence electrons. The van der Waals surface area contributed by atoms with Crippen LogP contribution in [0.2, 0.25) is 0 Å². The van der Waals surface area contributed by atoms with Gasteiger partial charge in [-0.2, -0.15) is 4.98 Å². The highest BCUT2D eigenvalue weighted by Gasteiger charge is 2.22. The number of hydrogen-bond donors (Lipinski definition) is 2. The van der Waals surface area contributed by atoms with Gasteiger partial charge >= 0.3 is 5.97 Å². The van der Waals surface area contributed by atoms with Crippen LogP contribution in [-0.4, -0.2) is 33.8 Å². The Hall–Kier alpha value is -2.28. The number of halogens is 1. The van der Waals surface area contributed by atoms with E-state index in [4.69, 9.17) is 4.52 Å². The van der Waals surface area contributed by atoms with E-state index in [1.165, 1.54) is 6.07 Å². The zero-order valence-electron chi connectivity index (χ0n) is 14.8. The van der Waals surface area contributed by atoms with Crippen LogP contribution in [0.5, 0.6) is 0 Å². The van der Waals surface area contributed by atoms with Crippen LogP contribution in [-0.2, 0) is 11.2 Å². The summed E-state index contributed by atoms with van der Waals surface area (Å²) in [6, 6.07) is 4.25. The lowest BCUT2D eigenvalue weighted by Gasteiger charge is -2.19. The van der Waals surface area contributed by atoms with Gasteiger partial charge in [0.2, 0.25) is 11.7 Å². The molecule has 1 aromatic carbocycles. The molecule has 1 aromatic heterocycles. The van der Waals surface area contributed by atoms with Crippen molar-refractivity contribution in [1.82, 2.24) is 15.5 Å². The zero-order chi connectivity index (χ0) is 18.4. The Morgan fingerprint density at radius 1 is 1.44 bits per heavy atom. The number of nitrogens with zero attached hydrogens (tertiary/aromatic N) is 2. The minimum absolute atomic E-state index is 0.0592. The monoisotopic (exact) mass is 349 g/mol. The van der Waals surface area contributed by atoms with Gasteiger partial charge in [0.1, 0.15) is 11.9 Å². The average molecular weight is 349 g/mol. The van der Waals surface area contributed by atoms with Crippen LogP contribution in [0.1, 0.15) is 38.1 Å². The highest BCUT2D eigenvalue weighted by Crippen LogP contribution is 2.19. The average Bonchev–Trinajstić information content (AvgIpc) is 3.05. The highest BCUT2D eigenvalue weighted by atomic mass is 19.1. The first kappa shape index (κ1) is 19.1. The van der Waals surface area contributed by atoms with Crippen molar-refractivity contribution in [1.29, 1.82) is 0 Å². The molecule has 0 aliphatic heterocycles. The maximum absolute atomic E-state index is 13.6. The molecule has 0 unspecified atom stereocenters. The number of carboxylic acid groups (broad SMARTS) is 1. The first-order valence-electron chi connectivity index (χ1n) is 8.47. The van der Waals surface area contributed by atoms with E-state index in [9.17, 15) is 14.3 Å². The van der Waals surface area contributed by atoms with E-state index in [-0.39, 0.29) is 11.7 Å². The predicted octanol–water partition coefficient (Wildman–Crippen LogP) is 3.21. The van der Waals surface area contributed by atoms with Crippen LogP contribution in [0.15, 0.2) is 22.7 Å². The molecule has 1 heterocycles. The molecule has 0 aliphatic carbocycles. The molecule has 0 saturated carbocycles. The van der Waals surface area contributed by atoms with Gasteiger partial charge in [0.05, 0.1) is 0 Å². The fourth-order valence-corrected chi connectivity index (χ4v) is 2.47. The molecule has 25 heavy (non-hydrogen) atoms. The highest BCUT2D eigenvalue weighted by molar-refractivity contribution is 5.73. The SMILES string of the molecule is CC[C@H](C)[C@H](NCCCc1nc(-c2ccc(C)c(F)c2)no1)C(=O)O. The van der Waals surface area contributed by atoms with Gasteiger partial charge in [0.15, 0.2) is 0 Å². The normalized spacial score (nSPS) is 13.6. The van der Waals surface area contributed by atoms with Gasteiger partial charge in [-0.3, -0.25) is 4.79 Å². The second kappa shape index (κ2) is 8.71. The smallest absolute Gasteiger partial charge is 0.320 e. The zero-order valence-corrected chi connectivity index (χ0v) is 14.8. The summed E-state index contributed by atoms with van der Waals surface area (Å²) in [5.41, 5.74) is 1.13. The lowest BCUT2D eigenvalue weighted by Crippen LogP contribution is -2.42. The van der Waals surface area contributed by atoms with Gasteiger partial charge in [-0.15, -0.1) is 0 Å². The van der Waals surface area contributed by atoms with E-state index >= 15 is 0 Å². The van der Waals surface area contributed by atoms with Gasteiger partial charge in [0, 0.05) is 12.0 Å². The molecule has 6 nitrogen and oxygen atoms in total. The van der Waals surface area contributed by atoms with Crippen molar-refractivity contribution in [3.05, 3.63) is 35.5 Å². The number of hydrogen-bond acceptors (Lipinski definition) is 5. The molecule has 0 aliphatic rings. The van der Waals surface area contributed by atoms with Gasteiger partial charge in [-0.05, 0) is 37.4 Å². The standard InChI is InChI=1S/C18H24FN3O3/c1-4-11(2)16(18(23)24)20-9-5-6-15-21-17(22-25-15)13-8-7-12(3)14(19)10-13/h7-8,10-11,16,20H,4-6,9H2,1-3H3,(H,23,24)/t11-,16-/m0/s1. The molecule has 2 atom stereocenters. The van der Waals surface area contributed by atoms with Crippen molar-refractivity contribution >= 4 is 5.97 Å². The number of nitrogens with one attached hydrogen (secondary N) is 1. The molecule has 2 aromatic rings. The Kier molecular flexibility index (Phi) is 6.64. The maximum atomic E-state index is 13.6. The van der Waals surface area contributed by atoms with Gasteiger partial charge < -0.3 is 14.9 Å². The molecule has 7 heteroatoms. The third-order valence-electron chi connectivity index (χ3n) is 4.31. The van der Waals surface area contributed by atoms with E-state index in [0.29, 0.717) is 42.2 Å². The van der Waals surface area contributed by atoms with Crippen LogP contribution >= 0.6 is 0 Å². The second-order valence-electron chi connectivity index (χ2n) is 6.23. The molecule has 2 N–H and O–H groups in total. The van der Waals surface area contributed by atoms with Crippen molar-refractivity contribution in [3.63, 3.8) is 0 Å². The molecule has 0 amide bonds.